The maximum absolute atomic E-state index is 2.24. The summed E-state index contributed by atoms with van der Waals surface area (Å²) in [5.74, 6) is 0. The van der Waals surface area contributed by atoms with Crippen LogP contribution in [-0.2, 0) is 0 Å². The molecule has 2 aromatic carbocycles. The monoisotopic (exact) mass is 194 g/mol. The fourth-order valence-corrected chi connectivity index (χ4v) is 2.23. The summed E-state index contributed by atoms with van der Waals surface area (Å²) in [6.07, 6.45) is 2.12. The number of hydrogen-bond donors (Lipinski definition) is 0. The molecule has 0 fully saturated rings. The van der Waals surface area contributed by atoms with E-state index in [0.29, 0.717) is 0 Å². The predicted molar refractivity (Wildman–Crippen MR) is 65.1 cm³/mol. The van der Waals surface area contributed by atoms with E-state index >= 15 is 0 Å². The number of rotatable bonds is 0. The van der Waals surface area contributed by atoms with Gasteiger partial charge < -0.3 is 0 Å². The van der Waals surface area contributed by atoms with Gasteiger partial charge in [0.25, 0.3) is 0 Å². The second-order valence-electron chi connectivity index (χ2n) is 3.66. The molecule has 1 aliphatic heterocycles. The Morgan fingerprint density at radius 1 is 0.800 bits per heavy atom. The summed E-state index contributed by atoms with van der Waals surface area (Å²) in [5, 5.41) is 0. The molecule has 0 spiro atoms. The van der Waals surface area contributed by atoms with Crippen molar-refractivity contribution in [2.45, 2.75) is 6.92 Å². The summed E-state index contributed by atoms with van der Waals surface area (Å²) in [5.41, 5.74) is 5.21. The molecular weight excluding hydrogens is 182 g/mol. The maximum atomic E-state index is 2.24. The second-order valence-corrected chi connectivity index (χ2v) is 3.66. The average molecular weight is 194 g/mol. The van der Waals surface area contributed by atoms with Crippen LogP contribution in [0.3, 0.4) is 0 Å². The number of para-hydroxylation sites is 2. The molecule has 72 valence electrons. The average Bonchev–Trinajstić information content (AvgIpc) is 2.63. The smallest absolute Gasteiger partial charge is 0.164 e. The molecule has 0 atom stereocenters. The van der Waals surface area contributed by atoms with Gasteiger partial charge in [0, 0.05) is 19.1 Å². The zero-order valence-corrected chi connectivity index (χ0v) is 8.64. The Labute approximate surface area is 89.3 Å². The summed E-state index contributed by atoms with van der Waals surface area (Å²) in [4.78, 5) is 0. The molecule has 0 amide bonds. The minimum Gasteiger partial charge on any atom is -0.164 e. The molecule has 1 heterocycles. The van der Waals surface area contributed by atoms with Crippen molar-refractivity contribution in [1.29, 1.82) is 0 Å². The molecule has 2 aromatic rings. The fourth-order valence-electron chi connectivity index (χ4n) is 2.23. The van der Waals surface area contributed by atoms with E-state index in [1.54, 1.807) is 0 Å². The molecule has 0 aromatic heterocycles. The summed E-state index contributed by atoms with van der Waals surface area (Å²) >= 11 is 0. The molecule has 0 N–H and O–H groups in total. The molecule has 15 heavy (non-hydrogen) atoms. The van der Waals surface area contributed by atoms with Gasteiger partial charge >= 0.3 is 0 Å². The Hall–Kier alpha value is -1.89. The van der Waals surface area contributed by atoms with Crippen LogP contribution in [0.15, 0.2) is 48.5 Å². The van der Waals surface area contributed by atoms with Gasteiger partial charge in [-0.05, 0) is 12.1 Å². The highest BCUT2D eigenvalue weighted by Crippen LogP contribution is 2.43. The van der Waals surface area contributed by atoms with Crippen LogP contribution in [0.1, 0.15) is 6.92 Å². The first-order valence-corrected chi connectivity index (χ1v) is 5.19. The molecule has 1 nitrogen and oxygen atoms in total. The molecule has 0 radical (unpaired) electrons. The first-order chi connectivity index (χ1) is 7.42. The number of fused-ring (bicyclic) bond motifs is 3. The Balaban J connectivity index is 2.41. The molecule has 3 rings (SSSR count). The van der Waals surface area contributed by atoms with Gasteiger partial charge in [-0.15, -0.1) is 0 Å². The largest absolute Gasteiger partial charge is 0.218 e. The van der Waals surface area contributed by atoms with Crippen molar-refractivity contribution in [3.8, 4) is 11.1 Å². The van der Waals surface area contributed by atoms with Crippen LogP contribution in [0.2, 0.25) is 0 Å². The predicted octanol–water partition coefficient (Wildman–Crippen LogP) is 3.59. The number of hydrogen-bond acceptors (Lipinski definition) is 0. The van der Waals surface area contributed by atoms with Crippen LogP contribution in [0.5, 0.6) is 0 Å². The molecule has 0 unspecified atom stereocenters. The second kappa shape index (κ2) is 3.06. The van der Waals surface area contributed by atoms with Crippen LogP contribution in [0, 0.1) is 0 Å². The van der Waals surface area contributed by atoms with Crippen molar-refractivity contribution < 1.29 is 0 Å². The molecule has 1 aliphatic rings. The standard InChI is InChI=1S/C14H12N/c1-2-15-13-9-5-3-7-11(13)12-8-4-6-10-14(12)15/h2-10H,1H3/q+1. The lowest BCUT2D eigenvalue weighted by Gasteiger charge is -1.93. The third-order valence-electron chi connectivity index (χ3n) is 2.88. The normalized spacial score (nSPS) is 12.2. The third-order valence-corrected chi connectivity index (χ3v) is 2.88. The van der Waals surface area contributed by atoms with Crippen LogP contribution in [0.25, 0.3) is 11.1 Å². The topological polar surface area (TPSA) is 3.01 Å². The zero-order valence-electron chi connectivity index (χ0n) is 8.64. The van der Waals surface area contributed by atoms with Gasteiger partial charge in [-0.25, -0.2) is 0 Å². The van der Waals surface area contributed by atoms with E-state index in [-0.39, 0.29) is 0 Å². The van der Waals surface area contributed by atoms with Gasteiger partial charge in [-0.3, -0.25) is 0 Å². The highest BCUT2D eigenvalue weighted by molar-refractivity contribution is 5.95. The van der Waals surface area contributed by atoms with E-state index in [0.717, 1.165) is 0 Å². The Morgan fingerprint density at radius 2 is 1.27 bits per heavy atom. The van der Waals surface area contributed by atoms with E-state index < -0.39 is 0 Å². The Kier molecular flexibility index (Phi) is 1.72. The molecule has 1 heteroatoms. The zero-order chi connectivity index (χ0) is 10.3. The van der Waals surface area contributed by atoms with Gasteiger partial charge in [0.2, 0.25) is 11.4 Å². The lowest BCUT2D eigenvalue weighted by Crippen LogP contribution is -1.98. The van der Waals surface area contributed by atoms with Crippen molar-refractivity contribution in [3.63, 3.8) is 0 Å². The van der Waals surface area contributed by atoms with Crippen LogP contribution in [-0.4, -0.2) is 6.21 Å². The van der Waals surface area contributed by atoms with E-state index in [4.69, 9.17) is 0 Å². The van der Waals surface area contributed by atoms with Gasteiger partial charge in [0.1, 0.15) is 6.21 Å². The van der Waals surface area contributed by atoms with Crippen molar-refractivity contribution in [2.24, 2.45) is 0 Å². The van der Waals surface area contributed by atoms with Crippen LogP contribution in [0.4, 0.5) is 11.4 Å². The lowest BCUT2D eigenvalue weighted by atomic mass is 10.1. The molecule has 0 saturated heterocycles. The minimum absolute atomic E-state index is 1.28. The van der Waals surface area contributed by atoms with E-state index in [9.17, 15) is 0 Å². The summed E-state index contributed by atoms with van der Waals surface area (Å²) in [6, 6.07) is 17.0. The highest BCUT2D eigenvalue weighted by atomic mass is 15.0. The van der Waals surface area contributed by atoms with Crippen molar-refractivity contribution in [1.82, 2.24) is 4.58 Å². The Bertz CT molecular complexity index is 505. The summed E-state index contributed by atoms with van der Waals surface area (Å²) in [7, 11) is 0. The van der Waals surface area contributed by atoms with Crippen molar-refractivity contribution in [3.05, 3.63) is 48.5 Å². The fraction of sp³-hybridized carbons (Fsp3) is 0.0714. The van der Waals surface area contributed by atoms with Crippen molar-refractivity contribution >= 4 is 17.6 Å². The van der Waals surface area contributed by atoms with Crippen LogP contribution >= 0.6 is 0 Å². The third kappa shape index (κ3) is 1.06. The first-order valence-electron chi connectivity index (χ1n) is 5.19. The van der Waals surface area contributed by atoms with Gasteiger partial charge in [0.05, 0.1) is 11.1 Å². The Morgan fingerprint density at radius 3 is 1.73 bits per heavy atom. The SMILES string of the molecule is CC=[N+]1c2ccccc2-c2ccccc21. The summed E-state index contributed by atoms with van der Waals surface area (Å²) in [6.45, 7) is 2.07. The molecule has 0 saturated carbocycles. The van der Waals surface area contributed by atoms with Crippen molar-refractivity contribution in [2.75, 3.05) is 0 Å². The van der Waals surface area contributed by atoms with E-state index in [1.165, 1.54) is 22.5 Å². The van der Waals surface area contributed by atoms with Gasteiger partial charge in [0.15, 0.2) is 0 Å². The molecule has 0 bridgehead atoms. The lowest BCUT2D eigenvalue weighted by molar-refractivity contribution is 1.13. The first kappa shape index (κ1) is 8.42. The molecular formula is C14H12N+. The number of nitrogens with zero attached hydrogens (tertiary/aromatic N) is 1. The van der Waals surface area contributed by atoms with Crippen LogP contribution < -0.4 is 4.58 Å². The van der Waals surface area contributed by atoms with E-state index in [1.807, 2.05) is 0 Å². The highest BCUT2D eigenvalue weighted by Gasteiger charge is 2.29. The molecule has 0 aliphatic carbocycles. The quantitative estimate of drug-likeness (QED) is 0.481. The van der Waals surface area contributed by atoms with Gasteiger partial charge in [-0.2, -0.15) is 4.58 Å². The van der Waals surface area contributed by atoms with E-state index in [2.05, 4.69) is 66.2 Å². The maximum Gasteiger partial charge on any atom is 0.218 e. The van der Waals surface area contributed by atoms with Gasteiger partial charge in [-0.1, -0.05) is 24.3 Å². The summed E-state index contributed by atoms with van der Waals surface area (Å²) < 4.78 is 2.24. The minimum atomic E-state index is 1.28. The number of benzene rings is 2.